The summed E-state index contributed by atoms with van der Waals surface area (Å²) in [4.78, 5) is 0. The Morgan fingerprint density at radius 2 is 1.74 bits per heavy atom. The maximum Gasteiger partial charge on any atom is 0.0380 e. The van der Waals surface area contributed by atoms with E-state index in [1.54, 1.807) is 0 Å². The van der Waals surface area contributed by atoms with Gasteiger partial charge >= 0.3 is 0 Å². The van der Waals surface area contributed by atoms with Crippen molar-refractivity contribution in [3.8, 4) is 0 Å². The molecule has 0 saturated heterocycles. The lowest BCUT2D eigenvalue weighted by Crippen LogP contribution is -2.20. The summed E-state index contributed by atoms with van der Waals surface area (Å²) in [5.74, 6) is 0. The maximum absolute atomic E-state index is 3.69. The number of anilines is 1. The first kappa shape index (κ1) is 16.1. The van der Waals surface area contributed by atoms with Crippen LogP contribution in [-0.2, 0) is 5.41 Å². The zero-order valence-electron chi connectivity index (χ0n) is 13.4. The molecule has 19 heavy (non-hydrogen) atoms. The Hall–Kier alpha value is -0.980. The lowest BCUT2D eigenvalue weighted by atomic mass is 9.85. The third-order valence-electron chi connectivity index (χ3n) is 3.63. The number of para-hydroxylation sites is 1. The van der Waals surface area contributed by atoms with Crippen LogP contribution < -0.4 is 5.32 Å². The first-order valence-corrected chi connectivity index (χ1v) is 7.81. The summed E-state index contributed by atoms with van der Waals surface area (Å²) < 4.78 is 0. The Balaban J connectivity index is 2.57. The summed E-state index contributed by atoms with van der Waals surface area (Å²) >= 11 is 0. The topological polar surface area (TPSA) is 12.0 Å². The van der Waals surface area contributed by atoms with Crippen molar-refractivity contribution in [2.45, 2.75) is 78.2 Å². The Morgan fingerprint density at radius 1 is 1.05 bits per heavy atom. The van der Waals surface area contributed by atoms with E-state index in [9.17, 15) is 0 Å². The minimum atomic E-state index is 0.200. The van der Waals surface area contributed by atoms with Gasteiger partial charge in [0.05, 0.1) is 0 Å². The van der Waals surface area contributed by atoms with Crippen LogP contribution in [0.15, 0.2) is 24.3 Å². The van der Waals surface area contributed by atoms with Crippen LogP contribution in [0, 0.1) is 0 Å². The lowest BCUT2D eigenvalue weighted by Gasteiger charge is -2.25. The van der Waals surface area contributed by atoms with Crippen molar-refractivity contribution in [3.63, 3.8) is 0 Å². The highest BCUT2D eigenvalue weighted by atomic mass is 14.9. The fourth-order valence-corrected chi connectivity index (χ4v) is 2.48. The highest BCUT2D eigenvalue weighted by Gasteiger charge is 2.17. The fraction of sp³-hybridized carbons (Fsp3) is 0.667. The van der Waals surface area contributed by atoms with Crippen molar-refractivity contribution in [1.29, 1.82) is 0 Å². The van der Waals surface area contributed by atoms with Gasteiger partial charge in [0.1, 0.15) is 0 Å². The fourth-order valence-electron chi connectivity index (χ4n) is 2.48. The lowest BCUT2D eigenvalue weighted by molar-refractivity contribution is 0.579. The highest BCUT2D eigenvalue weighted by Crippen LogP contribution is 2.29. The molecule has 1 rings (SSSR count). The van der Waals surface area contributed by atoms with E-state index in [0.717, 1.165) is 0 Å². The van der Waals surface area contributed by atoms with Crippen LogP contribution in [0.1, 0.15) is 72.3 Å². The van der Waals surface area contributed by atoms with Crippen LogP contribution in [0.2, 0.25) is 0 Å². The first-order valence-electron chi connectivity index (χ1n) is 7.81. The summed E-state index contributed by atoms with van der Waals surface area (Å²) in [6, 6.07) is 9.27. The van der Waals surface area contributed by atoms with Gasteiger partial charge in [-0.15, -0.1) is 0 Å². The Morgan fingerprint density at radius 3 is 2.37 bits per heavy atom. The number of hydrogen-bond donors (Lipinski definition) is 1. The summed E-state index contributed by atoms with van der Waals surface area (Å²) in [6.07, 6.45) is 6.64. The van der Waals surface area contributed by atoms with Crippen molar-refractivity contribution in [3.05, 3.63) is 29.8 Å². The zero-order valence-corrected chi connectivity index (χ0v) is 13.4. The normalized spacial score (nSPS) is 13.3. The van der Waals surface area contributed by atoms with Gasteiger partial charge in [0.2, 0.25) is 0 Å². The third-order valence-corrected chi connectivity index (χ3v) is 3.63. The monoisotopic (exact) mass is 261 g/mol. The van der Waals surface area contributed by atoms with E-state index in [2.05, 4.69) is 64.2 Å². The minimum Gasteiger partial charge on any atom is -0.382 e. The van der Waals surface area contributed by atoms with Crippen LogP contribution >= 0.6 is 0 Å². The molecule has 1 nitrogen and oxygen atoms in total. The van der Waals surface area contributed by atoms with E-state index >= 15 is 0 Å². The molecule has 0 spiro atoms. The first-order chi connectivity index (χ1) is 8.95. The molecular weight excluding hydrogens is 230 g/mol. The molecule has 0 aliphatic carbocycles. The molecule has 0 heterocycles. The molecule has 1 heteroatoms. The predicted molar refractivity (Wildman–Crippen MR) is 87.0 cm³/mol. The van der Waals surface area contributed by atoms with Crippen LogP contribution in [0.3, 0.4) is 0 Å². The van der Waals surface area contributed by atoms with Gasteiger partial charge in [0, 0.05) is 11.7 Å². The average molecular weight is 261 g/mol. The summed E-state index contributed by atoms with van der Waals surface area (Å²) in [5.41, 5.74) is 2.92. The van der Waals surface area contributed by atoms with E-state index in [-0.39, 0.29) is 5.41 Å². The predicted octanol–water partition coefficient (Wildman–Crippen LogP) is 5.75. The molecule has 0 aliphatic heterocycles. The van der Waals surface area contributed by atoms with Crippen LogP contribution in [0.4, 0.5) is 5.69 Å². The van der Waals surface area contributed by atoms with E-state index in [4.69, 9.17) is 0 Å². The van der Waals surface area contributed by atoms with Gasteiger partial charge < -0.3 is 5.32 Å². The molecule has 1 aromatic rings. The minimum absolute atomic E-state index is 0.200. The van der Waals surface area contributed by atoms with Gasteiger partial charge in [0.15, 0.2) is 0 Å². The van der Waals surface area contributed by atoms with E-state index in [0.29, 0.717) is 6.04 Å². The number of rotatable bonds is 7. The molecule has 0 saturated carbocycles. The third kappa shape index (κ3) is 5.67. The molecule has 1 unspecified atom stereocenters. The molecule has 1 N–H and O–H groups in total. The van der Waals surface area contributed by atoms with E-state index in [1.807, 2.05) is 0 Å². The Bertz CT molecular complexity index is 362. The van der Waals surface area contributed by atoms with E-state index in [1.165, 1.54) is 43.4 Å². The van der Waals surface area contributed by atoms with Crippen molar-refractivity contribution in [2.24, 2.45) is 0 Å². The summed E-state index contributed by atoms with van der Waals surface area (Å²) in [6.45, 7) is 11.4. The second-order valence-electron chi connectivity index (χ2n) is 6.69. The van der Waals surface area contributed by atoms with Crippen LogP contribution in [0.5, 0.6) is 0 Å². The van der Waals surface area contributed by atoms with Crippen molar-refractivity contribution >= 4 is 5.69 Å². The number of nitrogens with one attached hydrogen (secondary N) is 1. The smallest absolute Gasteiger partial charge is 0.0380 e. The average Bonchev–Trinajstić information content (AvgIpc) is 2.34. The molecule has 0 bridgehead atoms. The van der Waals surface area contributed by atoms with Crippen LogP contribution in [-0.4, -0.2) is 6.04 Å². The van der Waals surface area contributed by atoms with Crippen molar-refractivity contribution < 1.29 is 0 Å². The van der Waals surface area contributed by atoms with Gasteiger partial charge in [0.25, 0.3) is 0 Å². The molecule has 0 aromatic heterocycles. The second-order valence-corrected chi connectivity index (χ2v) is 6.69. The molecule has 1 aromatic carbocycles. The van der Waals surface area contributed by atoms with Crippen molar-refractivity contribution in [1.82, 2.24) is 0 Å². The number of benzene rings is 1. The van der Waals surface area contributed by atoms with Gasteiger partial charge in [-0.1, -0.05) is 71.6 Å². The summed E-state index contributed by atoms with van der Waals surface area (Å²) in [5, 5.41) is 3.69. The standard InChI is InChI=1S/C18H31N/c1-6-7-8-9-12-15(2)19-17-14-11-10-13-16(17)18(3,4)5/h10-11,13-15,19H,6-9,12H2,1-5H3. The Kier molecular flexibility index (Phi) is 6.41. The van der Waals surface area contributed by atoms with Gasteiger partial charge in [-0.05, 0) is 30.4 Å². The van der Waals surface area contributed by atoms with Crippen LogP contribution in [0.25, 0.3) is 0 Å². The number of hydrogen-bond acceptors (Lipinski definition) is 1. The summed E-state index contributed by atoms with van der Waals surface area (Å²) in [7, 11) is 0. The number of unbranched alkanes of at least 4 members (excludes halogenated alkanes) is 3. The molecule has 108 valence electrons. The largest absolute Gasteiger partial charge is 0.382 e. The van der Waals surface area contributed by atoms with Gasteiger partial charge in [-0.2, -0.15) is 0 Å². The zero-order chi connectivity index (χ0) is 14.3. The molecule has 0 radical (unpaired) electrons. The molecule has 0 amide bonds. The SMILES string of the molecule is CCCCCCC(C)Nc1ccccc1C(C)(C)C. The molecule has 0 fully saturated rings. The highest BCUT2D eigenvalue weighted by molar-refractivity contribution is 5.54. The molecule has 0 aliphatic rings. The molecule has 1 atom stereocenters. The van der Waals surface area contributed by atoms with E-state index < -0.39 is 0 Å². The quantitative estimate of drug-likeness (QED) is 0.616. The molecular formula is C18H31N. The van der Waals surface area contributed by atoms with Gasteiger partial charge in [-0.25, -0.2) is 0 Å². The second kappa shape index (κ2) is 7.57. The maximum atomic E-state index is 3.69. The Labute approximate surface area is 119 Å². The van der Waals surface area contributed by atoms with Gasteiger partial charge in [-0.3, -0.25) is 0 Å². The van der Waals surface area contributed by atoms with Crippen molar-refractivity contribution in [2.75, 3.05) is 5.32 Å².